The van der Waals surface area contributed by atoms with Gasteiger partial charge in [-0.2, -0.15) is 5.26 Å². The predicted molar refractivity (Wildman–Crippen MR) is 86.7 cm³/mol. The van der Waals surface area contributed by atoms with E-state index in [1.54, 1.807) is 6.07 Å². The van der Waals surface area contributed by atoms with E-state index in [-0.39, 0.29) is 18.4 Å². The van der Waals surface area contributed by atoms with Gasteiger partial charge in [-0.05, 0) is 11.6 Å². The number of amides is 2. The van der Waals surface area contributed by atoms with E-state index < -0.39 is 41.6 Å². The Labute approximate surface area is 144 Å². The zero-order valence-electron chi connectivity index (χ0n) is 14.0. The first kappa shape index (κ1) is 20.1. The number of benzene rings is 1. The summed E-state index contributed by atoms with van der Waals surface area (Å²) in [6.45, 7) is 2.72. The Morgan fingerprint density at radius 3 is 2.44 bits per heavy atom. The van der Waals surface area contributed by atoms with Gasteiger partial charge in [0.2, 0.25) is 11.8 Å². The van der Waals surface area contributed by atoms with Crippen molar-refractivity contribution in [3.8, 4) is 6.07 Å². The highest BCUT2D eigenvalue weighted by Gasteiger charge is 2.30. The van der Waals surface area contributed by atoms with Crippen LogP contribution in [-0.2, 0) is 20.8 Å². The summed E-state index contributed by atoms with van der Waals surface area (Å²) in [6, 6.07) is 5.22. The number of carbonyl (C=O) groups is 3. The third-order valence-corrected chi connectivity index (χ3v) is 3.62. The normalized spacial score (nSPS) is 13.8. The molecule has 1 aromatic carbocycles. The van der Waals surface area contributed by atoms with Crippen molar-refractivity contribution < 1.29 is 23.9 Å². The lowest BCUT2D eigenvalue weighted by molar-refractivity contribution is -0.143. The van der Waals surface area contributed by atoms with E-state index in [2.05, 4.69) is 10.6 Å². The van der Waals surface area contributed by atoms with Crippen LogP contribution in [-0.4, -0.2) is 35.0 Å². The van der Waals surface area contributed by atoms with Crippen molar-refractivity contribution in [2.75, 3.05) is 0 Å². The van der Waals surface area contributed by atoms with Gasteiger partial charge in [0.25, 0.3) is 0 Å². The molecule has 7 nitrogen and oxygen atoms in total. The van der Waals surface area contributed by atoms with E-state index in [0.29, 0.717) is 0 Å². The molecule has 0 radical (unpaired) electrons. The molecule has 0 aliphatic carbocycles. The molecule has 0 aliphatic rings. The van der Waals surface area contributed by atoms with Crippen molar-refractivity contribution in [2.24, 2.45) is 5.92 Å². The monoisotopic (exact) mass is 349 g/mol. The van der Waals surface area contributed by atoms with Crippen molar-refractivity contribution in [3.05, 3.63) is 35.6 Å². The topological polar surface area (TPSA) is 119 Å². The summed E-state index contributed by atoms with van der Waals surface area (Å²) in [5.74, 6) is -3.70. The van der Waals surface area contributed by atoms with Crippen molar-refractivity contribution in [1.82, 2.24) is 10.6 Å². The molecule has 0 heterocycles. The molecule has 0 saturated heterocycles. The molecule has 3 N–H and O–H groups in total. The van der Waals surface area contributed by atoms with Crippen LogP contribution in [0.15, 0.2) is 24.3 Å². The number of aliphatic carboxylic acids is 1. The van der Waals surface area contributed by atoms with E-state index in [0.717, 1.165) is 0 Å². The van der Waals surface area contributed by atoms with Crippen molar-refractivity contribution >= 4 is 17.8 Å². The zero-order valence-corrected chi connectivity index (χ0v) is 14.0. The maximum absolute atomic E-state index is 13.8. The Balaban J connectivity index is 2.96. The molecular formula is C17H20FN3O4. The highest BCUT2D eigenvalue weighted by Crippen LogP contribution is 2.12. The lowest BCUT2D eigenvalue weighted by Crippen LogP contribution is -2.54. The molecule has 0 fully saturated rings. The second kappa shape index (κ2) is 9.37. The summed E-state index contributed by atoms with van der Waals surface area (Å²) in [5.41, 5.74) is 0.216. The van der Waals surface area contributed by atoms with Crippen LogP contribution in [0, 0.1) is 23.1 Å². The number of nitrogens with one attached hydrogen (secondary N) is 2. The van der Waals surface area contributed by atoms with Crippen LogP contribution in [0.2, 0.25) is 0 Å². The zero-order chi connectivity index (χ0) is 19.0. The quantitative estimate of drug-likeness (QED) is 0.647. The fourth-order valence-corrected chi connectivity index (χ4v) is 2.30. The third-order valence-electron chi connectivity index (χ3n) is 3.62. The number of carboxylic acid groups (broad SMARTS) is 1. The molecule has 8 heteroatoms. The van der Waals surface area contributed by atoms with Crippen LogP contribution in [0.1, 0.15) is 25.8 Å². The second-order valence-electron chi connectivity index (χ2n) is 5.71. The summed E-state index contributed by atoms with van der Waals surface area (Å²) in [4.78, 5) is 35.1. The molecule has 3 atom stereocenters. The van der Waals surface area contributed by atoms with Gasteiger partial charge in [-0.25, -0.2) is 9.18 Å². The number of hydrogen-bond acceptors (Lipinski definition) is 4. The maximum atomic E-state index is 13.8. The lowest BCUT2D eigenvalue weighted by Gasteiger charge is -2.23. The number of nitriles is 1. The molecule has 0 saturated carbocycles. The van der Waals surface area contributed by atoms with Gasteiger partial charge in [0.05, 0.1) is 6.07 Å². The Morgan fingerprint density at radius 1 is 1.28 bits per heavy atom. The van der Waals surface area contributed by atoms with E-state index in [9.17, 15) is 23.9 Å². The van der Waals surface area contributed by atoms with E-state index in [1.165, 1.54) is 32.0 Å². The number of rotatable bonds is 8. The van der Waals surface area contributed by atoms with E-state index in [1.807, 2.05) is 6.07 Å². The lowest BCUT2D eigenvalue weighted by atomic mass is 9.97. The van der Waals surface area contributed by atoms with Crippen molar-refractivity contribution in [1.29, 1.82) is 5.26 Å². The van der Waals surface area contributed by atoms with Gasteiger partial charge >= 0.3 is 5.97 Å². The van der Waals surface area contributed by atoms with Crippen LogP contribution >= 0.6 is 0 Å². The summed E-state index contributed by atoms with van der Waals surface area (Å²) >= 11 is 0. The fourth-order valence-electron chi connectivity index (χ4n) is 2.30. The maximum Gasteiger partial charge on any atom is 0.326 e. The van der Waals surface area contributed by atoms with Crippen LogP contribution in [0.4, 0.5) is 4.39 Å². The van der Waals surface area contributed by atoms with Gasteiger partial charge in [0.1, 0.15) is 17.9 Å². The van der Waals surface area contributed by atoms with Gasteiger partial charge in [0, 0.05) is 25.7 Å². The Bertz CT molecular complexity index is 687. The number of carbonyl (C=O) groups excluding carboxylic acids is 2. The predicted octanol–water partition coefficient (Wildman–Crippen LogP) is 0.992. The molecule has 25 heavy (non-hydrogen) atoms. The average Bonchev–Trinajstić information content (AvgIpc) is 2.53. The number of nitrogens with zero attached hydrogens (tertiary/aromatic N) is 1. The average molecular weight is 349 g/mol. The summed E-state index contributed by atoms with van der Waals surface area (Å²) in [7, 11) is 0. The minimum atomic E-state index is -1.29. The number of halogens is 1. The van der Waals surface area contributed by atoms with Crippen molar-refractivity contribution in [3.63, 3.8) is 0 Å². The first-order valence-electron chi connectivity index (χ1n) is 7.66. The van der Waals surface area contributed by atoms with Crippen LogP contribution < -0.4 is 10.6 Å². The fraction of sp³-hybridized carbons (Fsp3) is 0.412. The molecule has 0 spiro atoms. The summed E-state index contributed by atoms with van der Waals surface area (Å²) in [6.07, 6.45) is -0.188. The van der Waals surface area contributed by atoms with Gasteiger partial charge in [-0.3, -0.25) is 9.59 Å². The largest absolute Gasteiger partial charge is 0.480 e. The molecule has 1 aromatic rings. The summed E-state index contributed by atoms with van der Waals surface area (Å²) < 4.78 is 13.8. The van der Waals surface area contributed by atoms with Crippen LogP contribution in [0.5, 0.6) is 0 Å². The molecule has 0 aliphatic heterocycles. The third kappa shape index (κ3) is 6.22. The van der Waals surface area contributed by atoms with E-state index >= 15 is 0 Å². The highest BCUT2D eigenvalue weighted by molar-refractivity contribution is 5.90. The summed E-state index contributed by atoms with van der Waals surface area (Å²) in [5, 5.41) is 22.7. The van der Waals surface area contributed by atoms with Crippen LogP contribution in [0.3, 0.4) is 0 Å². The van der Waals surface area contributed by atoms with Gasteiger partial charge in [0.15, 0.2) is 0 Å². The second-order valence-corrected chi connectivity index (χ2v) is 5.71. The standard InChI is InChI=1S/C17H20FN3O4/c1-10(7-8-19)15(17(24)25)21-16(23)14(20-11(2)22)9-12-5-3-4-6-13(12)18/h3-6,10,14-15H,7,9H2,1-2H3,(H,20,22)(H,21,23)(H,24,25)/t10-,14+,15+/m1/s1. The molecule has 0 aromatic heterocycles. The van der Waals surface area contributed by atoms with Crippen LogP contribution in [0.25, 0.3) is 0 Å². The number of carboxylic acids is 1. The molecule has 1 rings (SSSR count). The first-order valence-corrected chi connectivity index (χ1v) is 7.66. The Hall–Kier alpha value is -2.95. The Kier molecular flexibility index (Phi) is 7.53. The van der Waals surface area contributed by atoms with E-state index in [4.69, 9.17) is 5.26 Å². The first-order chi connectivity index (χ1) is 11.8. The minimum absolute atomic E-state index is 0.0602. The minimum Gasteiger partial charge on any atom is -0.480 e. The number of hydrogen-bond donors (Lipinski definition) is 3. The van der Waals surface area contributed by atoms with Gasteiger partial charge in [-0.1, -0.05) is 25.1 Å². The van der Waals surface area contributed by atoms with Gasteiger partial charge < -0.3 is 15.7 Å². The smallest absolute Gasteiger partial charge is 0.326 e. The highest BCUT2D eigenvalue weighted by atomic mass is 19.1. The molecule has 0 bridgehead atoms. The Morgan fingerprint density at radius 2 is 1.92 bits per heavy atom. The molecule has 2 amide bonds. The molecule has 0 unspecified atom stereocenters. The van der Waals surface area contributed by atoms with Crippen molar-refractivity contribution in [2.45, 2.75) is 38.8 Å². The molecular weight excluding hydrogens is 329 g/mol. The van der Waals surface area contributed by atoms with Gasteiger partial charge in [-0.15, -0.1) is 0 Å². The molecule has 134 valence electrons. The SMILES string of the molecule is CC(=O)N[C@@H](Cc1ccccc1F)C(=O)N[C@H](C(=O)O)[C@H](C)CC#N.